The number of pyridine rings is 1. The number of hydrogen-bond acceptors (Lipinski definition) is 5. The van der Waals surface area contributed by atoms with Gasteiger partial charge in [0, 0.05) is 18.8 Å². The zero-order valence-corrected chi connectivity index (χ0v) is 11.5. The first kappa shape index (κ1) is 14.9. The third kappa shape index (κ3) is 3.94. The van der Waals surface area contributed by atoms with Crippen molar-refractivity contribution in [2.75, 3.05) is 18.0 Å². The summed E-state index contributed by atoms with van der Waals surface area (Å²) in [5.41, 5.74) is 5.49. The van der Waals surface area contributed by atoms with Crippen LogP contribution in [-0.2, 0) is 10.0 Å². The molecule has 0 aliphatic heterocycles. The predicted molar refractivity (Wildman–Crippen MR) is 71.8 cm³/mol. The van der Waals surface area contributed by atoms with E-state index >= 15 is 0 Å². The lowest BCUT2D eigenvalue weighted by Gasteiger charge is -2.27. The predicted octanol–water partition coefficient (Wildman–Crippen LogP) is 0.293. The summed E-state index contributed by atoms with van der Waals surface area (Å²) in [6.07, 6.45) is 2.14. The van der Waals surface area contributed by atoms with Crippen molar-refractivity contribution in [3.05, 3.63) is 18.3 Å². The molecule has 0 fully saturated rings. The zero-order chi connectivity index (χ0) is 13.8. The molecule has 0 aromatic carbocycles. The van der Waals surface area contributed by atoms with Crippen LogP contribution in [0.1, 0.15) is 20.3 Å². The Kier molecular flexibility index (Phi) is 5.06. The Balaban J connectivity index is 2.94. The fourth-order valence-corrected chi connectivity index (χ4v) is 2.07. The van der Waals surface area contributed by atoms with Crippen molar-refractivity contribution in [3.8, 4) is 0 Å². The third-order valence-electron chi connectivity index (χ3n) is 2.57. The SMILES string of the molecule is CC(C)N(CCCN)c1ccc(S(N)(=O)=O)cn1. The maximum Gasteiger partial charge on any atom is 0.239 e. The molecule has 1 heterocycles. The number of nitrogens with zero attached hydrogens (tertiary/aromatic N) is 2. The summed E-state index contributed by atoms with van der Waals surface area (Å²) in [6, 6.07) is 3.40. The number of hydrogen-bond donors (Lipinski definition) is 2. The first-order valence-corrected chi connectivity index (χ1v) is 7.36. The monoisotopic (exact) mass is 272 g/mol. The van der Waals surface area contributed by atoms with Crippen LogP contribution >= 0.6 is 0 Å². The van der Waals surface area contributed by atoms with Gasteiger partial charge in [-0.05, 0) is 38.9 Å². The largest absolute Gasteiger partial charge is 0.354 e. The van der Waals surface area contributed by atoms with Gasteiger partial charge in [0.2, 0.25) is 10.0 Å². The van der Waals surface area contributed by atoms with Gasteiger partial charge in [0.15, 0.2) is 0 Å². The van der Waals surface area contributed by atoms with E-state index in [1.807, 2.05) is 13.8 Å². The molecule has 0 bridgehead atoms. The van der Waals surface area contributed by atoms with E-state index in [4.69, 9.17) is 10.9 Å². The van der Waals surface area contributed by atoms with E-state index < -0.39 is 10.0 Å². The minimum atomic E-state index is -3.68. The highest BCUT2D eigenvalue weighted by molar-refractivity contribution is 7.89. The van der Waals surface area contributed by atoms with Gasteiger partial charge in [-0.15, -0.1) is 0 Å². The van der Waals surface area contributed by atoms with Gasteiger partial charge in [-0.3, -0.25) is 0 Å². The van der Waals surface area contributed by atoms with E-state index in [0.29, 0.717) is 6.54 Å². The normalized spacial score (nSPS) is 11.8. The van der Waals surface area contributed by atoms with E-state index in [2.05, 4.69) is 9.88 Å². The molecule has 7 heteroatoms. The number of aromatic nitrogens is 1. The van der Waals surface area contributed by atoms with Gasteiger partial charge in [0.25, 0.3) is 0 Å². The fourth-order valence-electron chi connectivity index (χ4n) is 1.61. The van der Waals surface area contributed by atoms with Crippen LogP contribution in [0.3, 0.4) is 0 Å². The standard InChI is InChI=1S/C11H20N4O2S/c1-9(2)15(7-3-6-12)11-5-4-10(8-14-11)18(13,16)17/h4-5,8-9H,3,6-7,12H2,1-2H3,(H2,13,16,17). The lowest BCUT2D eigenvalue weighted by molar-refractivity contribution is 0.597. The summed E-state index contributed by atoms with van der Waals surface area (Å²) >= 11 is 0. The van der Waals surface area contributed by atoms with Gasteiger partial charge in [-0.2, -0.15) is 0 Å². The Bertz CT molecular complexity index is 470. The van der Waals surface area contributed by atoms with Crippen LogP contribution in [0.2, 0.25) is 0 Å². The third-order valence-corrected chi connectivity index (χ3v) is 3.47. The first-order valence-electron chi connectivity index (χ1n) is 5.82. The molecule has 4 N–H and O–H groups in total. The van der Waals surface area contributed by atoms with Crippen LogP contribution < -0.4 is 15.8 Å². The Hall–Kier alpha value is -1.18. The molecular formula is C11H20N4O2S. The molecule has 0 unspecified atom stereocenters. The molecule has 0 saturated carbocycles. The Morgan fingerprint density at radius 1 is 1.39 bits per heavy atom. The van der Waals surface area contributed by atoms with Gasteiger partial charge >= 0.3 is 0 Å². The van der Waals surface area contributed by atoms with E-state index in [9.17, 15) is 8.42 Å². The van der Waals surface area contributed by atoms with Crippen molar-refractivity contribution < 1.29 is 8.42 Å². The summed E-state index contributed by atoms with van der Waals surface area (Å²) in [5, 5.41) is 5.03. The smallest absolute Gasteiger partial charge is 0.239 e. The van der Waals surface area contributed by atoms with Gasteiger partial charge in [0.05, 0.1) is 0 Å². The van der Waals surface area contributed by atoms with E-state index in [0.717, 1.165) is 18.8 Å². The van der Waals surface area contributed by atoms with E-state index in [1.54, 1.807) is 6.07 Å². The molecule has 18 heavy (non-hydrogen) atoms. The Labute approximate surface area is 108 Å². The van der Waals surface area contributed by atoms with Crippen molar-refractivity contribution in [2.45, 2.75) is 31.2 Å². The summed E-state index contributed by atoms with van der Waals surface area (Å²) in [4.78, 5) is 6.24. The van der Waals surface area contributed by atoms with Crippen LogP contribution in [0.5, 0.6) is 0 Å². The van der Waals surface area contributed by atoms with E-state index in [-0.39, 0.29) is 10.9 Å². The quantitative estimate of drug-likeness (QED) is 0.775. The number of anilines is 1. The average Bonchev–Trinajstić information content (AvgIpc) is 2.28. The van der Waals surface area contributed by atoms with Crippen LogP contribution in [0.4, 0.5) is 5.82 Å². The fraction of sp³-hybridized carbons (Fsp3) is 0.545. The highest BCUT2D eigenvalue weighted by Crippen LogP contribution is 2.16. The Morgan fingerprint density at radius 2 is 2.06 bits per heavy atom. The summed E-state index contributed by atoms with van der Waals surface area (Å²) in [7, 11) is -3.68. The second kappa shape index (κ2) is 6.12. The average molecular weight is 272 g/mol. The molecule has 0 amide bonds. The molecule has 1 rings (SSSR count). The first-order chi connectivity index (χ1) is 8.36. The van der Waals surface area contributed by atoms with Crippen molar-refractivity contribution in [1.82, 2.24) is 4.98 Å². The molecule has 0 aliphatic rings. The minimum absolute atomic E-state index is 0.0220. The summed E-state index contributed by atoms with van der Waals surface area (Å²) in [6.45, 7) is 5.49. The lowest BCUT2D eigenvalue weighted by Crippen LogP contribution is -2.33. The summed E-state index contributed by atoms with van der Waals surface area (Å²) < 4.78 is 22.3. The molecule has 0 aliphatic carbocycles. The zero-order valence-electron chi connectivity index (χ0n) is 10.7. The van der Waals surface area contributed by atoms with Gasteiger partial charge < -0.3 is 10.6 Å². The van der Waals surface area contributed by atoms with Crippen LogP contribution in [0.25, 0.3) is 0 Å². The lowest BCUT2D eigenvalue weighted by atomic mass is 10.2. The molecule has 0 spiro atoms. The molecule has 0 saturated heterocycles. The number of rotatable bonds is 6. The minimum Gasteiger partial charge on any atom is -0.354 e. The van der Waals surface area contributed by atoms with Crippen LogP contribution in [0.15, 0.2) is 23.2 Å². The molecule has 6 nitrogen and oxygen atoms in total. The number of sulfonamides is 1. The van der Waals surface area contributed by atoms with Crippen molar-refractivity contribution in [2.24, 2.45) is 10.9 Å². The number of primary sulfonamides is 1. The molecule has 0 atom stereocenters. The van der Waals surface area contributed by atoms with Crippen molar-refractivity contribution in [3.63, 3.8) is 0 Å². The second-order valence-corrected chi connectivity index (χ2v) is 5.89. The summed E-state index contributed by atoms with van der Waals surface area (Å²) in [5.74, 6) is 0.728. The number of nitrogens with two attached hydrogens (primary N) is 2. The second-order valence-electron chi connectivity index (χ2n) is 4.33. The van der Waals surface area contributed by atoms with Crippen molar-refractivity contribution in [1.29, 1.82) is 0 Å². The molecular weight excluding hydrogens is 252 g/mol. The van der Waals surface area contributed by atoms with Crippen molar-refractivity contribution >= 4 is 15.8 Å². The van der Waals surface area contributed by atoms with E-state index in [1.165, 1.54) is 12.3 Å². The van der Waals surface area contributed by atoms with Gasteiger partial charge in [-0.1, -0.05) is 0 Å². The van der Waals surface area contributed by atoms with Crippen LogP contribution in [0, 0.1) is 0 Å². The molecule has 102 valence electrons. The highest BCUT2D eigenvalue weighted by Gasteiger charge is 2.13. The molecule has 1 aromatic heterocycles. The van der Waals surface area contributed by atoms with Gasteiger partial charge in [-0.25, -0.2) is 18.5 Å². The topological polar surface area (TPSA) is 102 Å². The van der Waals surface area contributed by atoms with Crippen LogP contribution in [-0.4, -0.2) is 32.5 Å². The molecule has 1 aromatic rings. The molecule has 0 radical (unpaired) electrons. The Morgan fingerprint density at radius 3 is 2.44 bits per heavy atom. The van der Waals surface area contributed by atoms with Gasteiger partial charge in [0.1, 0.15) is 10.7 Å². The highest BCUT2D eigenvalue weighted by atomic mass is 32.2. The maximum atomic E-state index is 11.1. The maximum absolute atomic E-state index is 11.1.